The Morgan fingerprint density at radius 3 is 2.67 bits per heavy atom. The van der Waals surface area contributed by atoms with Crippen LogP contribution in [0.2, 0.25) is 5.15 Å². The summed E-state index contributed by atoms with van der Waals surface area (Å²) in [6.07, 6.45) is 1.19. The number of rotatable bonds is 1. The predicted molar refractivity (Wildman–Crippen MR) is 44.1 cm³/mol. The minimum Gasteiger partial charge on any atom is -0.768 e. The van der Waals surface area contributed by atoms with Crippen LogP contribution in [0.3, 0.4) is 0 Å². The second-order valence-electron chi connectivity index (χ2n) is 1.68. The van der Waals surface area contributed by atoms with Crippen LogP contribution >= 0.6 is 27.5 Å². The molecule has 3 nitrogen and oxygen atoms in total. The molecule has 12 heavy (non-hydrogen) atoms. The first-order valence-corrected chi connectivity index (χ1v) is 4.76. The first kappa shape index (κ1) is 13.0. The molecule has 0 amide bonds. The van der Waals surface area contributed by atoms with E-state index in [1.165, 1.54) is 12.3 Å². The minimum absolute atomic E-state index is 0. The van der Waals surface area contributed by atoms with E-state index in [0.29, 0.717) is 4.47 Å². The molecule has 1 atom stereocenters. The Bertz CT molecular complexity index is 311. The van der Waals surface area contributed by atoms with Crippen LogP contribution in [0.15, 0.2) is 21.6 Å². The molecule has 1 heterocycles. The van der Waals surface area contributed by atoms with Crippen molar-refractivity contribution in [2.45, 2.75) is 4.90 Å². The maximum absolute atomic E-state index is 10.4. The molecule has 7 heteroatoms. The fraction of sp³-hybridized carbons (Fsp3) is 0. The van der Waals surface area contributed by atoms with Gasteiger partial charge in [0.05, 0.1) is 4.47 Å². The van der Waals surface area contributed by atoms with E-state index >= 15 is 0 Å². The Morgan fingerprint density at radius 2 is 2.25 bits per heavy atom. The Labute approximate surface area is 108 Å². The van der Waals surface area contributed by atoms with Crippen molar-refractivity contribution < 1.29 is 38.3 Å². The van der Waals surface area contributed by atoms with E-state index in [4.69, 9.17) is 11.6 Å². The second-order valence-corrected chi connectivity index (χ2v) is 3.83. The Morgan fingerprint density at radius 1 is 1.67 bits per heavy atom. The van der Waals surface area contributed by atoms with E-state index in [-0.39, 0.29) is 39.6 Å². The summed E-state index contributed by atoms with van der Waals surface area (Å²) in [6, 6.07) is 1.39. The molecule has 0 aliphatic heterocycles. The summed E-state index contributed by atoms with van der Waals surface area (Å²) >= 11 is 6.32. The molecule has 0 spiro atoms. The van der Waals surface area contributed by atoms with E-state index in [1.807, 2.05) is 0 Å². The summed E-state index contributed by atoms with van der Waals surface area (Å²) in [5.41, 5.74) is 0. The van der Waals surface area contributed by atoms with Crippen molar-refractivity contribution in [3.8, 4) is 0 Å². The normalized spacial score (nSPS) is 11.9. The van der Waals surface area contributed by atoms with E-state index in [0.717, 1.165) is 0 Å². The quantitative estimate of drug-likeness (QED) is 0.366. The smallest absolute Gasteiger partial charge is 0.768 e. The van der Waals surface area contributed by atoms with Gasteiger partial charge in [0.2, 0.25) is 0 Å². The Balaban J connectivity index is 0.00000121. The van der Waals surface area contributed by atoms with Gasteiger partial charge in [-0.15, -0.1) is 0 Å². The van der Waals surface area contributed by atoms with Crippen LogP contribution < -0.4 is 29.6 Å². The Hall–Kier alpha value is 1.03. The summed E-state index contributed by atoms with van der Waals surface area (Å²) in [7, 11) is 0. The molecule has 0 saturated carbocycles. The molecule has 1 unspecified atom stereocenters. The molecule has 1 aromatic rings. The van der Waals surface area contributed by atoms with Crippen LogP contribution in [0.4, 0.5) is 0 Å². The number of aromatic nitrogens is 1. The average molecular weight is 278 g/mol. The molecule has 0 fully saturated rings. The number of hydrogen-bond acceptors (Lipinski definition) is 3. The standard InChI is InChI=1S/C5H3BrClNO2S.Na/c6-4-1-3(11(9)10)2-8-5(4)7;/h1-2H,(H,9,10);/q;+1/p-1. The van der Waals surface area contributed by atoms with E-state index in [2.05, 4.69) is 20.9 Å². The van der Waals surface area contributed by atoms with Gasteiger partial charge in [-0.3, -0.25) is 4.21 Å². The van der Waals surface area contributed by atoms with Crippen molar-refractivity contribution in [1.29, 1.82) is 0 Å². The Kier molecular flexibility index (Phi) is 6.18. The minimum atomic E-state index is -2.25. The number of halogens is 2. The molecule has 1 aromatic heterocycles. The SMILES string of the molecule is O=S([O-])c1cnc(Cl)c(Br)c1.[Na+]. The molecule has 0 aliphatic rings. The van der Waals surface area contributed by atoms with Crippen LogP contribution in [0.25, 0.3) is 0 Å². The zero-order chi connectivity index (χ0) is 8.43. The van der Waals surface area contributed by atoms with Crippen molar-refractivity contribution >= 4 is 38.6 Å². The van der Waals surface area contributed by atoms with Crippen LogP contribution in [0.1, 0.15) is 0 Å². The largest absolute Gasteiger partial charge is 1.00 e. The zero-order valence-corrected chi connectivity index (χ0v) is 11.2. The second kappa shape index (κ2) is 5.70. The van der Waals surface area contributed by atoms with Crippen molar-refractivity contribution in [3.05, 3.63) is 21.9 Å². The van der Waals surface area contributed by atoms with Gasteiger partial charge < -0.3 is 4.55 Å². The monoisotopic (exact) mass is 277 g/mol. The topological polar surface area (TPSA) is 53.0 Å². The molecule has 0 bridgehead atoms. The van der Waals surface area contributed by atoms with Gasteiger partial charge in [0.15, 0.2) is 0 Å². The first-order valence-electron chi connectivity index (χ1n) is 2.51. The molecule has 0 aromatic carbocycles. The van der Waals surface area contributed by atoms with E-state index in [9.17, 15) is 8.76 Å². The molecule has 60 valence electrons. The molecular formula is C5H2BrClNNaO2S. The molecular weight excluding hydrogens is 276 g/mol. The number of nitrogens with zero attached hydrogens (tertiary/aromatic N) is 1. The van der Waals surface area contributed by atoms with Gasteiger partial charge in [-0.05, 0) is 33.1 Å². The molecule has 0 radical (unpaired) electrons. The van der Waals surface area contributed by atoms with Gasteiger partial charge in [-0.2, -0.15) is 0 Å². The zero-order valence-electron chi connectivity index (χ0n) is 6.08. The predicted octanol–water partition coefficient (Wildman–Crippen LogP) is -1.26. The third-order valence-electron chi connectivity index (χ3n) is 0.964. The maximum atomic E-state index is 10.4. The number of hydrogen-bond donors (Lipinski definition) is 0. The van der Waals surface area contributed by atoms with Gasteiger partial charge in [0, 0.05) is 11.1 Å². The summed E-state index contributed by atoms with van der Waals surface area (Å²) < 4.78 is 21.2. The van der Waals surface area contributed by atoms with E-state index in [1.54, 1.807) is 0 Å². The van der Waals surface area contributed by atoms with Crippen LogP contribution in [0, 0.1) is 0 Å². The summed E-state index contributed by atoms with van der Waals surface area (Å²) in [4.78, 5) is 3.74. The summed E-state index contributed by atoms with van der Waals surface area (Å²) in [6.45, 7) is 0. The van der Waals surface area contributed by atoms with E-state index < -0.39 is 11.1 Å². The van der Waals surface area contributed by atoms with Gasteiger partial charge in [-0.25, -0.2) is 4.98 Å². The van der Waals surface area contributed by atoms with Crippen molar-refractivity contribution in [3.63, 3.8) is 0 Å². The van der Waals surface area contributed by atoms with Crippen LogP contribution in [-0.4, -0.2) is 13.7 Å². The fourth-order valence-corrected chi connectivity index (χ4v) is 1.45. The van der Waals surface area contributed by atoms with Gasteiger partial charge in [-0.1, -0.05) is 11.6 Å². The average Bonchev–Trinajstić information content (AvgIpc) is 1.94. The fourth-order valence-electron chi connectivity index (χ4n) is 0.495. The third-order valence-corrected chi connectivity index (χ3v) is 2.71. The summed E-state index contributed by atoms with van der Waals surface area (Å²) in [5, 5.41) is 0.249. The molecule has 0 N–H and O–H groups in total. The van der Waals surface area contributed by atoms with Crippen molar-refractivity contribution in [2.24, 2.45) is 0 Å². The third kappa shape index (κ3) is 3.41. The number of pyridine rings is 1. The van der Waals surface area contributed by atoms with Gasteiger partial charge in [0.25, 0.3) is 0 Å². The van der Waals surface area contributed by atoms with Crippen molar-refractivity contribution in [1.82, 2.24) is 4.98 Å². The van der Waals surface area contributed by atoms with Gasteiger partial charge >= 0.3 is 29.6 Å². The first-order chi connectivity index (χ1) is 5.11. The van der Waals surface area contributed by atoms with Gasteiger partial charge in [0.1, 0.15) is 5.15 Å². The van der Waals surface area contributed by atoms with Crippen molar-refractivity contribution in [2.75, 3.05) is 0 Å². The van der Waals surface area contributed by atoms with Crippen LogP contribution in [-0.2, 0) is 11.1 Å². The summed E-state index contributed by atoms with van der Waals surface area (Å²) in [5.74, 6) is 0. The molecule has 1 rings (SSSR count). The molecule has 0 aliphatic carbocycles. The molecule has 0 saturated heterocycles. The van der Waals surface area contributed by atoms with Crippen LogP contribution in [0.5, 0.6) is 0 Å². The maximum Gasteiger partial charge on any atom is 1.00 e.